The molecule has 3 rings (SSSR count). The van der Waals surface area contributed by atoms with Gasteiger partial charge in [-0.1, -0.05) is 42.5 Å². The summed E-state index contributed by atoms with van der Waals surface area (Å²) in [5, 5.41) is 0. The molecular formula is C16H17NO. The highest BCUT2D eigenvalue weighted by molar-refractivity contribution is 5.61. The highest BCUT2D eigenvalue weighted by Gasteiger charge is 2.27. The lowest BCUT2D eigenvalue weighted by Crippen LogP contribution is -2.36. The highest BCUT2D eigenvalue weighted by Crippen LogP contribution is 2.38. The van der Waals surface area contributed by atoms with E-state index in [0.29, 0.717) is 6.04 Å². The Bertz CT molecular complexity index is 524. The van der Waals surface area contributed by atoms with E-state index in [2.05, 4.69) is 54.3 Å². The summed E-state index contributed by atoms with van der Waals surface area (Å²) in [4.78, 5) is 2.41. The lowest BCUT2D eigenvalue weighted by molar-refractivity contribution is 0.264. The molecule has 2 nitrogen and oxygen atoms in total. The molecule has 2 aromatic carbocycles. The molecular weight excluding hydrogens is 222 g/mol. The molecule has 1 unspecified atom stereocenters. The third-order valence-electron chi connectivity index (χ3n) is 3.47. The first-order valence-electron chi connectivity index (χ1n) is 6.43. The van der Waals surface area contributed by atoms with E-state index in [1.54, 1.807) is 0 Å². The maximum absolute atomic E-state index is 5.88. The third kappa shape index (κ3) is 1.84. The molecule has 0 aliphatic carbocycles. The molecule has 0 saturated heterocycles. The Morgan fingerprint density at radius 2 is 1.78 bits per heavy atom. The monoisotopic (exact) mass is 239 g/mol. The van der Waals surface area contributed by atoms with Crippen LogP contribution in [-0.4, -0.2) is 13.2 Å². The van der Waals surface area contributed by atoms with E-state index in [4.69, 9.17) is 4.74 Å². The van der Waals surface area contributed by atoms with Crippen LogP contribution in [0.1, 0.15) is 18.5 Å². The SMILES string of the molecule is CCN1c2ccccc2OCC1c1ccccc1. The second kappa shape index (κ2) is 4.73. The van der Waals surface area contributed by atoms with Gasteiger partial charge in [-0.25, -0.2) is 0 Å². The number of likely N-dealkylation sites (N-methyl/N-ethyl adjacent to an activating group) is 1. The van der Waals surface area contributed by atoms with Crippen molar-refractivity contribution in [3.63, 3.8) is 0 Å². The number of fused-ring (bicyclic) bond motifs is 1. The van der Waals surface area contributed by atoms with Crippen molar-refractivity contribution in [1.29, 1.82) is 0 Å². The van der Waals surface area contributed by atoms with Crippen LogP contribution in [0.3, 0.4) is 0 Å². The van der Waals surface area contributed by atoms with Gasteiger partial charge in [-0.2, -0.15) is 0 Å². The van der Waals surface area contributed by atoms with Crippen molar-refractivity contribution in [2.75, 3.05) is 18.1 Å². The van der Waals surface area contributed by atoms with Gasteiger partial charge in [-0.15, -0.1) is 0 Å². The van der Waals surface area contributed by atoms with Crippen molar-refractivity contribution >= 4 is 5.69 Å². The summed E-state index contributed by atoms with van der Waals surface area (Å²) in [6.45, 7) is 3.90. The van der Waals surface area contributed by atoms with Gasteiger partial charge in [0, 0.05) is 6.54 Å². The van der Waals surface area contributed by atoms with Gasteiger partial charge in [0.2, 0.25) is 0 Å². The predicted octanol–water partition coefficient (Wildman–Crippen LogP) is 3.65. The summed E-state index contributed by atoms with van der Waals surface area (Å²) in [7, 11) is 0. The predicted molar refractivity (Wildman–Crippen MR) is 74.1 cm³/mol. The number of anilines is 1. The molecule has 0 bridgehead atoms. The van der Waals surface area contributed by atoms with Crippen molar-refractivity contribution in [3.05, 3.63) is 60.2 Å². The Labute approximate surface area is 108 Å². The Hall–Kier alpha value is -1.96. The molecule has 0 aromatic heterocycles. The second-order valence-corrected chi connectivity index (χ2v) is 4.49. The average Bonchev–Trinajstić information content (AvgIpc) is 2.47. The van der Waals surface area contributed by atoms with Gasteiger partial charge in [-0.05, 0) is 24.6 Å². The van der Waals surface area contributed by atoms with E-state index in [0.717, 1.165) is 18.9 Å². The van der Waals surface area contributed by atoms with Crippen molar-refractivity contribution in [2.24, 2.45) is 0 Å². The van der Waals surface area contributed by atoms with E-state index in [9.17, 15) is 0 Å². The lowest BCUT2D eigenvalue weighted by Gasteiger charge is -2.38. The van der Waals surface area contributed by atoms with E-state index >= 15 is 0 Å². The topological polar surface area (TPSA) is 12.5 Å². The summed E-state index contributed by atoms with van der Waals surface area (Å²) >= 11 is 0. The summed E-state index contributed by atoms with van der Waals surface area (Å²) in [5.74, 6) is 0.992. The molecule has 2 aromatic rings. The van der Waals surface area contributed by atoms with E-state index in [1.807, 2.05) is 12.1 Å². The maximum Gasteiger partial charge on any atom is 0.142 e. The van der Waals surface area contributed by atoms with Crippen molar-refractivity contribution < 1.29 is 4.74 Å². The first-order valence-corrected chi connectivity index (χ1v) is 6.43. The maximum atomic E-state index is 5.88. The first kappa shape index (κ1) is 11.1. The second-order valence-electron chi connectivity index (χ2n) is 4.49. The normalized spacial score (nSPS) is 18.1. The highest BCUT2D eigenvalue weighted by atomic mass is 16.5. The minimum atomic E-state index is 0.311. The average molecular weight is 239 g/mol. The molecule has 0 N–H and O–H groups in total. The molecule has 92 valence electrons. The van der Waals surface area contributed by atoms with Crippen LogP contribution >= 0.6 is 0 Å². The summed E-state index contributed by atoms with van der Waals surface area (Å²) < 4.78 is 5.88. The number of nitrogens with zero attached hydrogens (tertiary/aromatic N) is 1. The largest absolute Gasteiger partial charge is 0.489 e. The molecule has 1 aliphatic heterocycles. The minimum absolute atomic E-state index is 0.311. The summed E-state index contributed by atoms with van der Waals surface area (Å²) in [6, 6.07) is 19.1. The molecule has 0 saturated carbocycles. The van der Waals surface area contributed by atoms with Crippen LogP contribution < -0.4 is 9.64 Å². The summed E-state index contributed by atoms with van der Waals surface area (Å²) in [6.07, 6.45) is 0. The number of hydrogen-bond acceptors (Lipinski definition) is 2. The van der Waals surface area contributed by atoms with Gasteiger partial charge in [0.05, 0.1) is 11.7 Å². The number of rotatable bonds is 2. The van der Waals surface area contributed by atoms with E-state index in [1.165, 1.54) is 11.3 Å². The smallest absolute Gasteiger partial charge is 0.142 e. The first-order chi connectivity index (χ1) is 8.90. The Morgan fingerprint density at radius 3 is 2.56 bits per heavy atom. The third-order valence-corrected chi connectivity index (χ3v) is 3.47. The van der Waals surface area contributed by atoms with Crippen LogP contribution in [0.4, 0.5) is 5.69 Å². The molecule has 1 heterocycles. The van der Waals surface area contributed by atoms with Gasteiger partial charge in [0.15, 0.2) is 0 Å². The zero-order chi connectivity index (χ0) is 12.4. The van der Waals surface area contributed by atoms with Crippen LogP contribution in [-0.2, 0) is 0 Å². The Balaban J connectivity index is 2.00. The minimum Gasteiger partial charge on any atom is -0.489 e. The van der Waals surface area contributed by atoms with Crippen molar-refractivity contribution in [3.8, 4) is 5.75 Å². The number of hydrogen-bond donors (Lipinski definition) is 0. The Kier molecular flexibility index (Phi) is 2.93. The van der Waals surface area contributed by atoms with Gasteiger partial charge in [0.25, 0.3) is 0 Å². The standard InChI is InChI=1S/C16H17NO/c1-2-17-14-10-6-7-11-16(14)18-12-15(17)13-8-4-3-5-9-13/h3-11,15H,2,12H2,1H3. The number of ether oxygens (including phenoxy) is 1. The molecule has 1 atom stereocenters. The molecule has 0 spiro atoms. The van der Waals surface area contributed by atoms with E-state index in [-0.39, 0.29) is 0 Å². The fourth-order valence-electron chi connectivity index (χ4n) is 2.59. The van der Waals surface area contributed by atoms with Crippen molar-refractivity contribution in [1.82, 2.24) is 0 Å². The van der Waals surface area contributed by atoms with Crippen molar-refractivity contribution in [2.45, 2.75) is 13.0 Å². The quantitative estimate of drug-likeness (QED) is 0.793. The molecule has 0 fully saturated rings. The lowest BCUT2D eigenvalue weighted by atomic mass is 10.0. The molecule has 18 heavy (non-hydrogen) atoms. The number of benzene rings is 2. The fraction of sp³-hybridized carbons (Fsp3) is 0.250. The molecule has 1 aliphatic rings. The van der Waals surface area contributed by atoms with Gasteiger partial charge in [-0.3, -0.25) is 0 Å². The van der Waals surface area contributed by atoms with Crippen LogP contribution in [0.5, 0.6) is 5.75 Å². The van der Waals surface area contributed by atoms with Crippen LogP contribution in [0.25, 0.3) is 0 Å². The van der Waals surface area contributed by atoms with Gasteiger partial charge >= 0.3 is 0 Å². The molecule has 0 amide bonds. The van der Waals surface area contributed by atoms with Crippen LogP contribution in [0.15, 0.2) is 54.6 Å². The molecule has 2 heteroatoms. The Morgan fingerprint density at radius 1 is 1.06 bits per heavy atom. The van der Waals surface area contributed by atoms with Crippen LogP contribution in [0.2, 0.25) is 0 Å². The summed E-state index contributed by atoms with van der Waals surface area (Å²) in [5.41, 5.74) is 2.51. The molecule has 0 radical (unpaired) electrons. The zero-order valence-electron chi connectivity index (χ0n) is 10.5. The zero-order valence-corrected chi connectivity index (χ0v) is 10.5. The van der Waals surface area contributed by atoms with E-state index < -0.39 is 0 Å². The van der Waals surface area contributed by atoms with Gasteiger partial charge < -0.3 is 9.64 Å². The number of para-hydroxylation sites is 2. The van der Waals surface area contributed by atoms with Gasteiger partial charge in [0.1, 0.15) is 12.4 Å². The fourth-order valence-corrected chi connectivity index (χ4v) is 2.59. The van der Waals surface area contributed by atoms with Crippen LogP contribution in [0, 0.1) is 0 Å².